The fourth-order valence-electron chi connectivity index (χ4n) is 2.03. The van der Waals surface area contributed by atoms with Crippen LogP contribution in [-0.2, 0) is 6.54 Å². The second kappa shape index (κ2) is 5.32. The van der Waals surface area contributed by atoms with Gasteiger partial charge in [0.15, 0.2) is 0 Å². The fourth-order valence-corrected chi connectivity index (χ4v) is 2.03. The Morgan fingerprint density at radius 2 is 1.78 bits per heavy atom. The van der Waals surface area contributed by atoms with Gasteiger partial charge in [0.05, 0.1) is 5.69 Å². The van der Waals surface area contributed by atoms with Gasteiger partial charge >= 0.3 is 0 Å². The highest BCUT2D eigenvalue weighted by Crippen LogP contribution is 2.21. The Labute approximate surface area is 109 Å². The highest BCUT2D eigenvalue weighted by atomic mass is 14.8. The highest BCUT2D eigenvalue weighted by molar-refractivity contribution is 5.61. The van der Waals surface area contributed by atoms with Gasteiger partial charge in [-0.1, -0.05) is 18.2 Å². The van der Waals surface area contributed by atoms with Crippen molar-refractivity contribution in [1.29, 1.82) is 0 Å². The second-order valence-corrected chi connectivity index (χ2v) is 4.77. The van der Waals surface area contributed by atoms with Crippen LogP contribution in [0.4, 0.5) is 0 Å². The lowest BCUT2D eigenvalue weighted by atomic mass is 10.0. The Morgan fingerprint density at radius 1 is 1.00 bits per heavy atom. The minimum Gasteiger partial charge on any atom is -0.316 e. The molecule has 2 nitrogen and oxygen atoms in total. The molecule has 0 aliphatic rings. The SMILES string of the molecule is CNCc1ccc(-c2ccc(C)c(C)c2)nc1C. The molecule has 0 spiro atoms. The topological polar surface area (TPSA) is 24.9 Å². The van der Waals surface area contributed by atoms with Gasteiger partial charge in [0.1, 0.15) is 0 Å². The van der Waals surface area contributed by atoms with Gasteiger partial charge in [-0.05, 0) is 56.6 Å². The fraction of sp³-hybridized carbons (Fsp3) is 0.312. The van der Waals surface area contributed by atoms with E-state index in [4.69, 9.17) is 4.98 Å². The number of rotatable bonds is 3. The van der Waals surface area contributed by atoms with E-state index in [2.05, 4.69) is 56.4 Å². The molecule has 2 aromatic rings. The first-order valence-corrected chi connectivity index (χ1v) is 6.30. The molecule has 2 rings (SSSR count). The van der Waals surface area contributed by atoms with E-state index in [1.54, 1.807) is 0 Å². The lowest BCUT2D eigenvalue weighted by Gasteiger charge is -2.09. The summed E-state index contributed by atoms with van der Waals surface area (Å²) in [5, 5.41) is 3.16. The molecule has 1 aromatic carbocycles. The predicted molar refractivity (Wildman–Crippen MR) is 76.6 cm³/mol. The predicted octanol–water partition coefficient (Wildman–Crippen LogP) is 3.39. The Balaban J connectivity index is 2.39. The van der Waals surface area contributed by atoms with E-state index in [9.17, 15) is 0 Å². The smallest absolute Gasteiger partial charge is 0.0705 e. The molecule has 1 heterocycles. The molecule has 0 amide bonds. The highest BCUT2D eigenvalue weighted by Gasteiger charge is 2.04. The molecule has 0 bridgehead atoms. The van der Waals surface area contributed by atoms with Crippen LogP contribution in [0.3, 0.4) is 0 Å². The van der Waals surface area contributed by atoms with Crippen LogP contribution in [0, 0.1) is 20.8 Å². The van der Waals surface area contributed by atoms with Crippen molar-refractivity contribution < 1.29 is 0 Å². The van der Waals surface area contributed by atoms with E-state index in [0.717, 1.165) is 17.9 Å². The molecule has 1 N–H and O–H groups in total. The summed E-state index contributed by atoms with van der Waals surface area (Å²) in [6, 6.07) is 10.8. The third kappa shape index (κ3) is 2.59. The maximum absolute atomic E-state index is 4.69. The van der Waals surface area contributed by atoms with Crippen LogP contribution in [0.2, 0.25) is 0 Å². The van der Waals surface area contributed by atoms with Gasteiger partial charge in [-0.15, -0.1) is 0 Å². The molecule has 0 aliphatic carbocycles. The van der Waals surface area contributed by atoms with Crippen LogP contribution in [0.1, 0.15) is 22.4 Å². The summed E-state index contributed by atoms with van der Waals surface area (Å²) in [4.78, 5) is 4.69. The number of aryl methyl sites for hydroxylation is 3. The quantitative estimate of drug-likeness (QED) is 0.889. The van der Waals surface area contributed by atoms with E-state index in [-0.39, 0.29) is 0 Å². The zero-order valence-electron chi connectivity index (χ0n) is 11.5. The summed E-state index contributed by atoms with van der Waals surface area (Å²) in [5.41, 5.74) is 7.23. The zero-order valence-corrected chi connectivity index (χ0v) is 11.5. The van der Waals surface area contributed by atoms with Gasteiger partial charge < -0.3 is 5.32 Å². The van der Waals surface area contributed by atoms with Crippen molar-refractivity contribution in [3.8, 4) is 11.3 Å². The molecule has 1 aromatic heterocycles. The first-order chi connectivity index (χ1) is 8.61. The number of hydrogen-bond acceptors (Lipinski definition) is 2. The summed E-state index contributed by atoms with van der Waals surface area (Å²) in [6.45, 7) is 7.21. The van der Waals surface area contributed by atoms with Gasteiger partial charge in [0.25, 0.3) is 0 Å². The second-order valence-electron chi connectivity index (χ2n) is 4.77. The Kier molecular flexibility index (Phi) is 3.78. The van der Waals surface area contributed by atoms with Crippen molar-refractivity contribution in [3.63, 3.8) is 0 Å². The molecule has 0 radical (unpaired) electrons. The third-order valence-corrected chi connectivity index (χ3v) is 3.37. The number of benzene rings is 1. The summed E-state index contributed by atoms with van der Waals surface area (Å²) < 4.78 is 0. The minimum absolute atomic E-state index is 0.867. The normalized spacial score (nSPS) is 10.7. The van der Waals surface area contributed by atoms with Crippen molar-refractivity contribution in [2.75, 3.05) is 7.05 Å². The first-order valence-electron chi connectivity index (χ1n) is 6.30. The van der Waals surface area contributed by atoms with Crippen LogP contribution >= 0.6 is 0 Å². The molecule has 0 fully saturated rings. The molecule has 0 aliphatic heterocycles. The van der Waals surface area contributed by atoms with E-state index in [1.807, 2.05) is 7.05 Å². The van der Waals surface area contributed by atoms with Crippen molar-refractivity contribution >= 4 is 0 Å². The van der Waals surface area contributed by atoms with Crippen LogP contribution in [0.25, 0.3) is 11.3 Å². The summed E-state index contributed by atoms with van der Waals surface area (Å²) in [7, 11) is 1.96. The lowest BCUT2D eigenvalue weighted by molar-refractivity contribution is 0.805. The average molecular weight is 240 g/mol. The first kappa shape index (κ1) is 12.8. The number of hydrogen-bond donors (Lipinski definition) is 1. The van der Waals surface area contributed by atoms with Crippen LogP contribution in [-0.4, -0.2) is 12.0 Å². The van der Waals surface area contributed by atoms with Gasteiger partial charge in [0.2, 0.25) is 0 Å². The molecular weight excluding hydrogens is 220 g/mol. The van der Waals surface area contributed by atoms with Crippen molar-refractivity contribution in [1.82, 2.24) is 10.3 Å². The Hall–Kier alpha value is -1.67. The maximum Gasteiger partial charge on any atom is 0.0705 e. The third-order valence-electron chi connectivity index (χ3n) is 3.37. The summed E-state index contributed by atoms with van der Waals surface area (Å²) >= 11 is 0. The van der Waals surface area contributed by atoms with E-state index >= 15 is 0 Å². The van der Waals surface area contributed by atoms with Crippen LogP contribution in [0.15, 0.2) is 30.3 Å². The van der Waals surface area contributed by atoms with Gasteiger partial charge in [-0.2, -0.15) is 0 Å². The average Bonchev–Trinajstić information content (AvgIpc) is 2.35. The molecule has 2 heteroatoms. The van der Waals surface area contributed by atoms with Crippen molar-refractivity contribution in [2.24, 2.45) is 0 Å². The number of nitrogens with one attached hydrogen (secondary N) is 1. The molecule has 94 valence electrons. The molecular formula is C16H20N2. The largest absolute Gasteiger partial charge is 0.316 e. The Morgan fingerprint density at radius 3 is 2.39 bits per heavy atom. The van der Waals surface area contributed by atoms with Gasteiger partial charge in [-0.25, -0.2) is 0 Å². The van der Waals surface area contributed by atoms with Crippen LogP contribution < -0.4 is 5.32 Å². The van der Waals surface area contributed by atoms with Crippen LogP contribution in [0.5, 0.6) is 0 Å². The number of aromatic nitrogens is 1. The molecule has 0 saturated heterocycles. The van der Waals surface area contributed by atoms with E-state index in [1.165, 1.54) is 22.3 Å². The van der Waals surface area contributed by atoms with Gasteiger partial charge in [0, 0.05) is 17.8 Å². The molecule has 0 unspecified atom stereocenters. The van der Waals surface area contributed by atoms with E-state index in [0.29, 0.717) is 0 Å². The summed E-state index contributed by atoms with van der Waals surface area (Å²) in [6.07, 6.45) is 0. The van der Waals surface area contributed by atoms with Crippen molar-refractivity contribution in [2.45, 2.75) is 27.3 Å². The molecule has 0 atom stereocenters. The zero-order chi connectivity index (χ0) is 13.1. The maximum atomic E-state index is 4.69. The molecule has 18 heavy (non-hydrogen) atoms. The van der Waals surface area contributed by atoms with E-state index < -0.39 is 0 Å². The van der Waals surface area contributed by atoms with Crippen molar-refractivity contribution in [3.05, 3.63) is 52.7 Å². The molecule has 0 saturated carbocycles. The number of pyridine rings is 1. The van der Waals surface area contributed by atoms with Gasteiger partial charge in [-0.3, -0.25) is 4.98 Å². The minimum atomic E-state index is 0.867. The lowest BCUT2D eigenvalue weighted by Crippen LogP contribution is -2.07. The standard InChI is InChI=1S/C16H20N2/c1-11-5-6-14(9-12(11)2)16-8-7-15(10-17-4)13(3)18-16/h5-9,17H,10H2,1-4H3. The summed E-state index contributed by atoms with van der Waals surface area (Å²) in [5.74, 6) is 0. The Bertz CT molecular complexity index is 559. The monoisotopic (exact) mass is 240 g/mol. The number of nitrogens with zero attached hydrogens (tertiary/aromatic N) is 1.